The van der Waals surface area contributed by atoms with E-state index < -0.39 is 0 Å². The van der Waals surface area contributed by atoms with Crippen LogP contribution in [-0.2, 0) is 5.41 Å². The third-order valence-electron chi connectivity index (χ3n) is 6.04. The van der Waals surface area contributed by atoms with Crippen molar-refractivity contribution in [1.29, 1.82) is 0 Å². The molecular formula is C22H30FN7. The Balaban J connectivity index is 1.18. The summed E-state index contributed by atoms with van der Waals surface area (Å²) in [6.45, 7) is 6.30. The van der Waals surface area contributed by atoms with Gasteiger partial charge in [0.05, 0.1) is 0 Å². The van der Waals surface area contributed by atoms with Crippen LogP contribution in [0.4, 0.5) is 10.3 Å². The first-order chi connectivity index (χ1) is 14.7. The van der Waals surface area contributed by atoms with E-state index in [1.807, 2.05) is 18.2 Å². The first kappa shape index (κ1) is 20.5. The number of rotatable bonds is 7. The van der Waals surface area contributed by atoms with Crippen LogP contribution in [0.2, 0.25) is 0 Å². The van der Waals surface area contributed by atoms with Gasteiger partial charge in [0.2, 0.25) is 5.95 Å². The summed E-state index contributed by atoms with van der Waals surface area (Å²) in [4.78, 5) is 17.6. The average Bonchev–Trinajstić information content (AvgIpc) is 3.58. The number of aliphatic imine (C=N–C) groups is 1. The molecule has 1 aliphatic heterocycles. The molecule has 0 unspecified atom stereocenters. The number of piperazine rings is 1. The number of halogens is 1. The highest BCUT2D eigenvalue weighted by molar-refractivity contribution is 5.79. The number of nitrogens with zero attached hydrogens (tertiary/aromatic N) is 5. The van der Waals surface area contributed by atoms with Gasteiger partial charge in [-0.15, -0.1) is 0 Å². The summed E-state index contributed by atoms with van der Waals surface area (Å²) in [5.41, 5.74) is 0.715. The van der Waals surface area contributed by atoms with Gasteiger partial charge in [-0.1, -0.05) is 18.2 Å². The summed E-state index contributed by atoms with van der Waals surface area (Å²) in [7, 11) is 1.77. The zero-order valence-corrected chi connectivity index (χ0v) is 17.5. The third-order valence-corrected chi connectivity index (χ3v) is 6.04. The Hall–Kier alpha value is -2.74. The maximum Gasteiger partial charge on any atom is 0.225 e. The van der Waals surface area contributed by atoms with Crippen molar-refractivity contribution in [2.45, 2.75) is 18.3 Å². The van der Waals surface area contributed by atoms with Gasteiger partial charge in [0.25, 0.3) is 0 Å². The molecule has 0 radical (unpaired) electrons. The van der Waals surface area contributed by atoms with E-state index >= 15 is 0 Å². The first-order valence-electron chi connectivity index (χ1n) is 10.6. The average molecular weight is 412 g/mol. The standard InChI is InChI=1S/C22H30FN7/c1-24-20(28-17-22(7-8-22)18-5-2-3-6-19(18)23)25-11-12-29-13-15-30(16-14-29)21-26-9-4-10-27-21/h2-6,9-10H,7-8,11-17H2,1H3,(H2,24,25,28). The highest BCUT2D eigenvalue weighted by Crippen LogP contribution is 2.48. The Morgan fingerprint density at radius 1 is 1.07 bits per heavy atom. The molecule has 1 aliphatic carbocycles. The normalized spacial score (nSPS) is 18.9. The van der Waals surface area contributed by atoms with Crippen molar-refractivity contribution in [1.82, 2.24) is 25.5 Å². The van der Waals surface area contributed by atoms with Crippen molar-refractivity contribution < 1.29 is 4.39 Å². The number of nitrogens with one attached hydrogen (secondary N) is 2. The van der Waals surface area contributed by atoms with Gasteiger partial charge in [0, 0.05) is 70.7 Å². The van der Waals surface area contributed by atoms with Crippen LogP contribution in [0.3, 0.4) is 0 Å². The van der Waals surface area contributed by atoms with E-state index in [2.05, 4.69) is 35.4 Å². The monoisotopic (exact) mass is 411 g/mol. The Bertz CT molecular complexity index is 846. The van der Waals surface area contributed by atoms with Crippen LogP contribution in [0.15, 0.2) is 47.7 Å². The van der Waals surface area contributed by atoms with Crippen molar-refractivity contribution in [2.75, 3.05) is 57.8 Å². The molecule has 2 N–H and O–H groups in total. The van der Waals surface area contributed by atoms with Crippen molar-refractivity contribution >= 4 is 11.9 Å². The summed E-state index contributed by atoms with van der Waals surface area (Å²) in [6.07, 6.45) is 5.59. The summed E-state index contributed by atoms with van der Waals surface area (Å²) >= 11 is 0. The molecule has 1 aromatic heterocycles. The maximum atomic E-state index is 14.2. The molecule has 1 saturated carbocycles. The molecule has 2 heterocycles. The lowest BCUT2D eigenvalue weighted by molar-refractivity contribution is 0.260. The van der Waals surface area contributed by atoms with Crippen LogP contribution in [0.1, 0.15) is 18.4 Å². The second-order valence-corrected chi connectivity index (χ2v) is 7.99. The molecule has 1 saturated heterocycles. The lowest BCUT2D eigenvalue weighted by atomic mass is 9.95. The molecule has 0 atom stereocenters. The second kappa shape index (κ2) is 9.38. The topological polar surface area (TPSA) is 68.7 Å². The number of aromatic nitrogens is 2. The number of hydrogen-bond donors (Lipinski definition) is 2. The van der Waals surface area contributed by atoms with E-state index in [0.717, 1.165) is 69.6 Å². The minimum Gasteiger partial charge on any atom is -0.356 e. The Kier molecular flexibility index (Phi) is 6.42. The SMILES string of the molecule is CN=C(NCCN1CCN(c2ncccn2)CC1)NCC1(c2ccccc2F)CC1. The van der Waals surface area contributed by atoms with Gasteiger partial charge in [-0.25, -0.2) is 14.4 Å². The molecule has 160 valence electrons. The lowest BCUT2D eigenvalue weighted by Gasteiger charge is -2.34. The van der Waals surface area contributed by atoms with Gasteiger partial charge in [0.15, 0.2) is 5.96 Å². The van der Waals surface area contributed by atoms with E-state index in [1.165, 1.54) is 0 Å². The fourth-order valence-electron chi connectivity index (χ4n) is 4.02. The van der Waals surface area contributed by atoms with E-state index in [-0.39, 0.29) is 11.2 Å². The molecule has 7 nitrogen and oxygen atoms in total. The van der Waals surface area contributed by atoms with E-state index in [9.17, 15) is 4.39 Å². The molecule has 2 aliphatic rings. The minimum absolute atomic E-state index is 0.0984. The zero-order chi connectivity index (χ0) is 20.8. The second-order valence-electron chi connectivity index (χ2n) is 7.99. The van der Waals surface area contributed by atoms with Crippen LogP contribution in [-0.4, -0.2) is 73.7 Å². The lowest BCUT2D eigenvalue weighted by Crippen LogP contribution is -2.50. The molecule has 4 rings (SSSR count). The summed E-state index contributed by atoms with van der Waals surface area (Å²) < 4.78 is 14.2. The molecule has 2 fully saturated rings. The number of guanidine groups is 1. The summed E-state index contributed by atoms with van der Waals surface area (Å²) in [5.74, 6) is 1.47. The molecule has 0 spiro atoms. The van der Waals surface area contributed by atoms with Crippen LogP contribution in [0.5, 0.6) is 0 Å². The third kappa shape index (κ3) is 4.87. The molecule has 2 aromatic rings. The molecule has 0 bridgehead atoms. The predicted molar refractivity (Wildman–Crippen MR) is 117 cm³/mol. The van der Waals surface area contributed by atoms with Crippen molar-refractivity contribution in [2.24, 2.45) is 4.99 Å². The molecule has 8 heteroatoms. The van der Waals surface area contributed by atoms with E-state index in [1.54, 1.807) is 31.6 Å². The number of hydrogen-bond acceptors (Lipinski definition) is 5. The zero-order valence-electron chi connectivity index (χ0n) is 17.5. The van der Waals surface area contributed by atoms with Gasteiger partial charge >= 0.3 is 0 Å². The molecule has 1 aromatic carbocycles. The van der Waals surface area contributed by atoms with Crippen LogP contribution < -0.4 is 15.5 Å². The Morgan fingerprint density at radius 3 is 2.47 bits per heavy atom. The Labute approximate surface area is 177 Å². The maximum absolute atomic E-state index is 14.2. The number of benzene rings is 1. The highest BCUT2D eigenvalue weighted by atomic mass is 19.1. The Morgan fingerprint density at radius 2 is 1.80 bits per heavy atom. The first-order valence-corrected chi connectivity index (χ1v) is 10.6. The van der Waals surface area contributed by atoms with Crippen molar-refractivity contribution in [3.05, 3.63) is 54.1 Å². The van der Waals surface area contributed by atoms with Crippen LogP contribution >= 0.6 is 0 Å². The van der Waals surface area contributed by atoms with Crippen molar-refractivity contribution in [3.63, 3.8) is 0 Å². The molecular weight excluding hydrogens is 381 g/mol. The highest BCUT2D eigenvalue weighted by Gasteiger charge is 2.45. The molecule has 30 heavy (non-hydrogen) atoms. The van der Waals surface area contributed by atoms with Gasteiger partial charge in [-0.3, -0.25) is 9.89 Å². The fourth-order valence-corrected chi connectivity index (χ4v) is 4.02. The van der Waals surface area contributed by atoms with Gasteiger partial charge in [-0.2, -0.15) is 0 Å². The summed E-state index contributed by atoms with van der Waals surface area (Å²) in [6, 6.07) is 8.95. The van der Waals surface area contributed by atoms with Crippen LogP contribution in [0, 0.1) is 5.82 Å². The van der Waals surface area contributed by atoms with E-state index in [0.29, 0.717) is 6.54 Å². The van der Waals surface area contributed by atoms with Crippen LogP contribution in [0.25, 0.3) is 0 Å². The van der Waals surface area contributed by atoms with Gasteiger partial charge < -0.3 is 15.5 Å². The largest absolute Gasteiger partial charge is 0.356 e. The number of anilines is 1. The smallest absolute Gasteiger partial charge is 0.225 e. The predicted octanol–water partition coefficient (Wildman–Crippen LogP) is 1.63. The fraction of sp³-hybridized carbons (Fsp3) is 0.500. The quantitative estimate of drug-likeness (QED) is 0.533. The summed E-state index contributed by atoms with van der Waals surface area (Å²) in [5, 5.41) is 6.78. The van der Waals surface area contributed by atoms with Gasteiger partial charge in [-0.05, 0) is 30.5 Å². The minimum atomic E-state index is -0.111. The van der Waals surface area contributed by atoms with Gasteiger partial charge in [0.1, 0.15) is 5.82 Å². The molecule has 0 amide bonds. The van der Waals surface area contributed by atoms with Crippen molar-refractivity contribution in [3.8, 4) is 0 Å². The van der Waals surface area contributed by atoms with E-state index in [4.69, 9.17) is 0 Å².